The van der Waals surface area contributed by atoms with E-state index in [-0.39, 0.29) is 17.8 Å². The van der Waals surface area contributed by atoms with Crippen LogP contribution in [0.2, 0.25) is 0 Å². The van der Waals surface area contributed by atoms with Crippen LogP contribution in [0.4, 0.5) is 0 Å². The largest absolute Gasteiger partial charge is 0.492 e. The number of ether oxygens (including phenoxy) is 2. The number of carbonyl (C=O) groups is 2. The van der Waals surface area contributed by atoms with Gasteiger partial charge in [-0.15, -0.1) is 0 Å². The zero-order valence-electron chi connectivity index (χ0n) is 16.5. The molecule has 1 N–H and O–H groups in total. The molecule has 28 heavy (non-hydrogen) atoms. The highest BCUT2D eigenvalue weighted by atomic mass is 79.9. The van der Waals surface area contributed by atoms with Gasteiger partial charge in [0.1, 0.15) is 5.75 Å². The molecule has 1 aliphatic rings. The summed E-state index contributed by atoms with van der Waals surface area (Å²) in [7, 11) is 0. The minimum Gasteiger partial charge on any atom is -0.492 e. The van der Waals surface area contributed by atoms with Crippen molar-refractivity contribution in [2.75, 3.05) is 26.3 Å². The average molecular weight is 471 g/mol. The van der Waals surface area contributed by atoms with Gasteiger partial charge >= 0.3 is 5.97 Å². The van der Waals surface area contributed by atoms with Gasteiger partial charge in [0.2, 0.25) is 0 Å². The van der Waals surface area contributed by atoms with Crippen LogP contribution in [-0.2, 0) is 9.53 Å². The Bertz CT molecular complexity index is 718. The molecule has 8 heteroatoms. The molecule has 1 heterocycles. The number of piperidine rings is 1. The Morgan fingerprint density at radius 2 is 2.00 bits per heavy atom. The molecule has 154 valence electrons. The van der Waals surface area contributed by atoms with E-state index in [1.54, 1.807) is 25.1 Å². The second-order valence-corrected chi connectivity index (χ2v) is 8.36. The minimum atomic E-state index is -0.270. The van der Waals surface area contributed by atoms with E-state index in [9.17, 15) is 9.59 Å². The number of carbonyl (C=O) groups excluding carboxylic acids is 2. The Hall–Kier alpha value is -1.67. The fourth-order valence-electron chi connectivity index (χ4n) is 2.84. The molecular weight excluding hydrogens is 444 g/mol. The Morgan fingerprint density at radius 1 is 1.32 bits per heavy atom. The molecule has 1 amide bonds. The zero-order valence-corrected chi connectivity index (χ0v) is 18.9. The SMILES string of the molecule is CCOC(=O)C1CCN(C(=S)NC(=O)c2ccc(OCC(C)C)c(Br)c2)CC1. The average Bonchev–Trinajstić information content (AvgIpc) is 2.67. The molecule has 0 aliphatic carbocycles. The summed E-state index contributed by atoms with van der Waals surface area (Å²) in [6, 6.07) is 5.21. The second-order valence-electron chi connectivity index (χ2n) is 7.12. The van der Waals surface area contributed by atoms with Crippen molar-refractivity contribution in [2.45, 2.75) is 33.6 Å². The van der Waals surface area contributed by atoms with Crippen LogP contribution >= 0.6 is 28.1 Å². The number of halogens is 1. The first-order valence-corrected chi connectivity index (χ1v) is 10.7. The predicted molar refractivity (Wildman–Crippen MR) is 115 cm³/mol. The highest BCUT2D eigenvalue weighted by Gasteiger charge is 2.27. The van der Waals surface area contributed by atoms with Gasteiger partial charge in [-0.1, -0.05) is 13.8 Å². The first kappa shape index (κ1) is 22.6. The first-order valence-electron chi connectivity index (χ1n) is 9.51. The van der Waals surface area contributed by atoms with Crippen molar-refractivity contribution in [1.29, 1.82) is 0 Å². The standard InChI is InChI=1S/C20H27BrN2O4S/c1-4-26-19(25)14-7-9-23(10-8-14)20(28)22-18(24)15-5-6-17(16(21)11-15)27-12-13(2)3/h5-6,11,13-14H,4,7-10,12H2,1-3H3,(H,22,24,28). The lowest BCUT2D eigenvalue weighted by atomic mass is 9.97. The molecule has 6 nitrogen and oxygen atoms in total. The molecule has 0 spiro atoms. The van der Waals surface area contributed by atoms with Gasteiger partial charge < -0.3 is 14.4 Å². The van der Waals surface area contributed by atoms with Gasteiger partial charge in [-0.2, -0.15) is 0 Å². The third kappa shape index (κ3) is 6.44. The molecule has 0 bridgehead atoms. The van der Waals surface area contributed by atoms with E-state index in [2.05, 4.69) is 35.1 Å². The number of hydrogen-bond donors (Lipinski definition) is 1. The summed E-state index contributed by atoms with van der Waals surface area (Å²) in [5.41, 5.74) is 0.493. The van der Waals surface area contributed by atoms with Crippen molar-refractivity contribution in [2.24, 2.45) is 11.8 Å². The van der Waals surface area contributed by atoms with Gasteiger partial charge in [-0.25, -0.2) is 0 Å². The Balaban J connectivity index is 1.88. The number of esters is 1. The van der Waals surface area contributed by atoms with Crippen molar-refractivity contribution in [3.63, 3.8) is 0 Å². The number of rotatable bonds is 6. The number of likely N-dealkylation sites (tertiary alicyclic amines) is 1. The third-order valence-electron chi connectivity index (χ3n) is 4.39. The summed E-state index contributed by atoms with van der Waals surface area (Å²) in [5.74, 6) is 0.605. The van der Waals surface area contributed by atoms with Crippen molar-refractivity contribution < 1.29 is 19.1 Å². The normalized spacial score (nSPS) is 14.7. The summed E-state index contributed by atoms with van der Waals surface area (Å²) in [6.45, 7) is 8.19. The van der Waals surface area contributed by atoms with Gasteiger partial charge in [0.05, 0.1) is 23.6 Å². The Labute approximate surface area is 180 Å². The molecule has 0 aromatic heterocycles. The highest BCUT2D eigenvalue weighted by Crippen LogP contribution is 2.26. The minimum absolute atomic E-state index is 0.0935. The lowest BCUT2D eigenvalue weighted by Crippen LogP contribution is -2.47. The first-order chi connectivity index (χ1) is 13.3. The van der Waals surface area contributed by atoms with E-state index in [0.717, 1.165) is 4.47 Å². The molecule has 0 atom stereocenters. The molecule has 1 aromatic rings. The number of thiocarbonyl (C=S) groups is 1. The Kier molecular flexibility index (Phi) is 8.69. The monoisotopic (exact) mass is 470 g/mol. The van der Waals surface area contributed by atoms with Gasteiger partial charge in [0.25, 0.3) is 5.91 Å². The maximum Gasteiger partial charge on any atom is 0.309 e. The summed E-state index contributed by atoms with van der Waals surface area (Å²) < 4.78 is 11.5. The molecule has 1 aliphatic heterocycles. The molecule has 0 saturated carbocycles. The molecule has 1 saturated heterocycles. The van der Waals surface area contributed by atoms with E-state index < -0.39 is 0 Å². The topological polar surface area (TPSA) is 67.9 Å². The second kappa shape index (κ2) is 10.8. The lowest BCUT2D eigenvalue weighted by molar-refractivity contribution is -0.149. The fraction of sp³-hybridized carbons (Fsp3) is 0.550. The van der Waals surface area contributed by atoms with Crippen LogP contribution in [-0.4, -0.2) is 48.2 Å². The number of amides is 1. The number of hydrogen-bond acceptors (Lipinski definition) is 5. The smallest absolute Gasteiger partial charge is 0.309 e. The van der Waals surface area contributed by atoms with Crippen LogP contribution in [0, 0.1) is 11.8 Å². The van der Waals surface area contributed by atoms with E-state index in [1.807, 2.05) is 4.90 Å². The number of benzene rings is 1. The maximum absolute atomic E-state index is 12.5. The summed E-state index contributed by atoms with van der Waals surface area (Å²) in [4.78, 5) is 26.3. The van der Waals surface area contributed by atoms with Crippen LogP contribution < -0.4 is 10.1 Å². The summed E-state index contributed by atoms with van der Waals surface area (Å²) in [6.07, 6.45) is 1.34. The number of nitrogens with one attached hydrogen (secondary N) is 1. The van der Waals surface area contributed by atoms with Crippen LogP contribution in [0.15, 0.2) is 22.7 Å². The Morgan fingerprint density at radius 3 is 2.57 bits per heavy atom. The van der Waals surface area contributed by atoms with Crippen LogP contribution in [0.1, 0.15) is 44.0 Å². The van der Waals surface area contributed by atoms with E-state index in [4.69, 9.17) is 21.7 Å². The lowest BCUT2D eigenvalue weighted by Gasteiger charge is -2.32. The van der Waals surface area contributed by atoms with E-state index >= 15 is 0 Å². The van der Waals surface area contributed by atoms with Crippen LogP contribution in [0.5, 0.6) is 5.75 Å². The molecular formula is C20H27BrN2O4S. The molecule has 1 aromatic carbocycles. The van der Waals surface area contributed by atoms with E-state index in [1.165, 1.54) is 0 Å². The fourth-order valence-corrected chi connectivity index (χ4v) is 3.61. The maximum atomic E-state index is 12.5. The van der Waals surface area contributed by atoms with Gasteiger partial charge in [0.15, 0.2) is 5.11 Å². The van der Waals surface area contributed by atoms with Crippen LogP contribution in [0.3, 0.4) is 0 Å². The third-order valence-corrected chi connectivity index (χ3v) is 5.37. The van der Waals surface area contributed by atoms with Crippen molar-refractivity contribution >= 4 is 45.1 Å². The number of nitrogens with zero attached hydrogens (tertiary/aromatic N) is 1. The summed E-state index contributed by atoms with van der Waals surface area (Å²) >= 11 is 8.83. The van der Waals surface area contributed by atoms with Crippen molar-refractivity contribution in [3.05, 3.63) is 28.2 Å². The molecule has 2 rings (SSSR count). The predicted octanol–water partition coefficient (Wildman–Crippen LogP) is 3.77. The molecule has 0 unspecified atom stereocenters. The van der Waals surface area contributed by atoms with Crippen LogP contribution in [0.25, 0.3) is 0 Å². The quantitative estimate of drug-likeness (QED) is 0.503. The van der Waals surface area contributed by atoms with E-state index in [0.29, 0.717) is 61.5 Å². The van der Waals surface area contributed by atoms with Crippen molar-refractivity contribution in [1.82, 2.24) is 10.2 Å². The van der Waals surface area contributed by atoms with Crippen molar-refractivity contribution in [3.8, 4) is 5.75 Å². The highest BCUT2D eigenvalue weighted by molar-refractivity contribution is 9.10. The van der Waals surface area contributed by atoms with Gasteiger partial charge in [-0.05, 0) is 72.0 Å². The van der Waals surface area contributed by atoms with Gasteiger partial charge in [-0.3, -0.25) is 14.9 Å². The molecule has 0 radical (unpaired) electrons. The zero-order chi connectivity index (χ0) is 20.7. The molecule has 1 fully saturated rings. The van der Waals surface area contributed by atoms with Gasteiger partial charge in [0, 0.05) is 18.7 Å². The summed E-state index contributed by atoms with van der Waals surface area (Å²) in [5, 5.41) is 3.15.